The number of phenolic OH excluding ortho intramolecular Hbond substituents is 1. The Morgan fingerprint density at radius 1 is 1.54 bits per heavy atom. The van der Waals surface area contributed by atoms with Crippen molar-refractivity contribution in [1.82, 2.24) is 5.32 Å². The molecule has 0 atom stereocenters. The Balaban J connectivity index is 2.41. The minimum atomic E-state index is -0.0276. The predicted octanol–water partition coefficient (Wildman–Crippen LogP) is 1.07. The molecule has 0 unspecified atom stereocenters. The van der Waals surface area contributed by atoms with E-state index in [1.54, 1.807) is 18.2 Å². The first-order valence-corrected chi connectivity index (χ1v) is 4.21. The molecule has 13 heavy (non-hydrogen) atoms. The van der Waals surface area contributed by atoms with Crippen LogP contribution in [0.15, 0.2) is 24.3 Å². The predicted molar refractivity (Wildman–Crippen MR) is 50.5 cm³/mol. The van der Waals surface area contributed by atoms with Crippen molar-refractivity contribution in [2.75, 3.05) is 6.54 Å². The third kappa shape index (κ3) is 3.60. The number of carbonyl (C=O) groups excluding carboxylic acids is 1. The maximum Gasteiger partial charge on any atom is 0.216 e. The van der Waals surface area contributed by atoms with E-state index in [0.29, 0.717) is 6.54 Å². The van der Waals surface area contributed by atoms with Crippen LogP contribution in [0.5, 0.6) is 5.75 Å². The fourth-order valence-electron chi connectivity index (χ4n) is 1.09. The minimum absolute atomic E-state index is 0.0276. The summed E-state index contributed by atoms with van der Waals surface area (Å²) >= 11 is 0. The third-order valence-corrected chi connectivity index (χ3v) is 1.70. The Labute approximate surface area is 77.4 Å². The van der Waals surface area contributed by atoms with Gasteiger partial charge in [-0.05, 0) is 24.1 Å². The Morgan fingerprint density at radius 2 is 2.31 bits per heavy atom. The van der Waals surface area contributed by atoms with Gasteiger partial charge in [0, 0.05) is 13.5 Å². The van der Waals surface area contributed by atoms with E-state index in [1.807, 2.05) is 6.07 Å². The van der Waals surface area contributed by atoms with Crippen molar-refractivity contribution >= 4 is 5.91 Å². The van der Waals surface area contributed by atoms with Crippen LogP contribution in [0.4, 0.5) is 0 Å². The number of rotatable bonds is 3. The average molecular weight is 179 g/mol. The molecule has 0 fully saturated rings. The van der Waals surface area contributed by atoms with Gasteiger partial charge in [-0.25, -0.2) is 0 Å². The molecule has 0 radical (unpaired) electrons. The van der Waals surface area contributed by atoms with Crippen molar-refractivity contribution in [3.05, 3.63) is 29.8 Å². The number of carbonyl (C=O) groups is 1. The van der Waals surface area contributed by atoms with E-state index in [1.165, 1.54) is 6.92 Å². The molecule has 1 aromatic carbocycles. The lowest BCUT2D eigenvalue weighted by atomic mass is 10.1. The second kappa shape index (κ2) is 4.50. The molecule has 0 aliphatic carbocycles. The van der Waals surface area contributed by atoms with Crippen molar-refractivity contribution in [1.29, 1.82) is 0 Å². The number of hydrogen-bond acceptors (Lipinski definition) is 2. The lowest BCUT2D eigenvalue weighted by Crippen LogP contribution is -2.22. The fourth-order valence-corrected chi connectivity index (χ4v) is 1.09. The van der Waals surface area contributed by atoms with Crippen molar-refractivity contribution in [3.63, 3.8) is 0 Å². The molecular formula is C10H13NO2. The van der Waals surface area contributed by atoms with Gasteiger partial charge in [0.2, 0.25) is 5.91 Å². The fraction of sp³-hybridized carbons (Fsp3) is 0.300. The number of nitrogens with one attached hydrogen (secondary N) is 1. The summed E-state index contributed by atoms with van der Waals surface area (Å²) in [6.45, 7) is 2.10. The van der Waals surface area contributed by atoms with Gasteiger partial charge in [0.25, 0.3) is 0 Å². The Morgan fingerprint density at radius 3 is 2.92 bits per heavy atom. The maximum atomic E-state index is 10.5. The molecule has 1 rings (SSSR count). The number of hydrogen-bond donors (Lipinski definition) is 2. The first kappa shape index (κ1) is 9.58. The summed E-state index contributed by atoms with van der Waals surface area (Å²) in [6.07, 6.45) is 0.744. The molecule has 0 aromatic heterocycles. The highest BCUT2D eigenvalue weighted by Crippen LogP contribution is 2.10. The van der Waals surface area contributed by atoms with E-state index >= 15 is 0 Å². The summed E-state index contributed by atoms with van der Waals surface area (Å²) in [4.78, 5) is 10.5. The van der Waals surface area contributed by atoms with Crippen LogP contribution in [-0.2, 0) is 11.2 Å². The number of benzene rings is 1. The van der Waals surface area contributed by atoms with Crippen molar-refractivity contribution in [2.45, 2.75) is 13.3 Å². The van der Waals surface area contributed by atoms with Crippen LogP contribution in [0.2, 0.25) is 0 Å². The zero-order chi connectivity index (χ0) is 9.68. The second-order valence-electron chi connectivity index (χ2n) is 2.90. The molecule has 1 aromatic rings. The van der Waals surface area contributed by atoms with Crippen LogP contribution < -0.4 is 5.32 Å². The maximum absolute atomic E-state index is 10.5. The van der Waals surface area contributed by atoms with Gasteiger partial charge in [0.05, 0.1) is 0 Å². The van der Waals surface area contributed by atoms with Gasteiger partial charge in [0.1, 0.15) is 5.75 Å². The first-order valence-electron chi connectivity index (χ1n) is 4.21. The van der Waals surface area contributed by atoms with Gasteiger partial charge in [0.15, 0.2) is 0 Å². The van der Waals surface area contributed by atoms with Crippen molar-refractivity contribution in [2.24, 2.45) is 0 Å². The standard InChI is InChI=1S/C10H13NO2/c1-8(12)11-6-5-9-3-2-4-10(13)7-9/h2-4,7,13H,5-6H2,1H3,(H,11,12). The molecule has 0 aliphatic rings. The monoisotopic (exact) mass is 179 g/mol. The summed E-state index contributed by atoms with van der Waals surface area (Å²) in [6, 6.07) is 7.03. The zero-order valence-electron chi connectivity index (χ0n) is 7.58. The van der Waals surface area contributed by atoms with Gasteiger partial charge < -0.3 is 10.4 Å². The molecular weight excluding hydrogens is 166 g/mol. The Kier molecular flexibility index (Phi) is 3.31. The van der Waals surface area contributed by atoms with E-state index in [-0.39, 0.29) is 11.7 Å². The van der Waals surface area contributed by atoms with Crippen LogP contribution in [-0.4, -0.2) is 17.6 Å². The van der Waals surface area contributed by atoms with Gasteiger partial charge in [-0.1, -0.05) is 12.1 Å². The second-order valence-corrected chi connectivity index (χ2v) is 2.90. The van der Waals surface area contributed by atoms with Crippen LogP contribution in [0.25, 0.3) is 0 Å². The molecule has 0 saturated carbocycles. The summed E-state index contributed by atoms with van der Waals surface area (Å²) in [5.41, 5.74) is 1.02. The lowest BCUT2D eigenvalue weighted by Gasteiger charge is -2.02. The van der Waals surface area contributed by atoms with Crippen LogP contribution in [0.3, 0.4) is 0 Å². The topological polar surface area (TPSA) is 49.3 Å². The quantitative estimate of drug-likeness (QED) is 0.729. The largest absolute Gasteiger partial charge is 0.508 e. The normalized spacial score (nSPS) is 9.62. The highest BCUT2D eigenvalue weighted by Gasteiger charge is 1.95. The molecule has 0 spiro atoms. The average Bonchev–Trinajstić information content (AvgIpc) is 2.03. The highest BCUT2D eigenvalue weighted by atomic mass is 16.3. The molecule has 1 amide bonds. The van der Waals surface area contributed by atoms with Gasteiger partial charge >= 0.3 is 0 Å². The molecule has 0 saturated heterocycles. The summed E-state index contributed by atoms with van der Waals surface area (Å²) < 4.78 is 0. The summed E-state index contributed by atoms with van der Waals surface area (Å²) in [5, 5.41) is 11.8. The summed E-state index contributed by atoms with van der Waals surface area (Å²) in [5.74, 6) is 0.237. The third-order valence-electron chi connectivity index (χ3n) is 1.70. The molecule has 3 nitrogen and oxygen atoms in total. The molecule has 3 heteroatoms. The van der Waals surface area contributed by atoms with E-state index in [9.17, 15) is 4.79 Å². The van der Waals surface area contributed by atoms with E-state index in [2.05, 4.69) is 5.32 Å². The van der Waals surface area contributed by atoms with E-state index < -0.39 is 0 Å². The molecule has 70 valence electrons. The first-order chi connectivity index (χ1) is 6.18. The number of aromatic hydroxyl groups is 1. The van der Waals surface area contributed by atoms with Crippen molar-refractivity contribution in [3.8, 4) is 5.75 Å². The molecule has 2 N–H and O–H groups in total. The Bertz CT molecular complexity index is 297. The van der Waals surface area contributed by atoms with Gasteiger partial charge in [-0.15, -0.1) is 0 Å². The van der Waals surface area contributed by atoms with Crippen LogP contribution in [0, 0.1) is 0 Å². The SMILES string of the molecule is CC(=O)NCCc1cccc(O)c1. The van der Waals surface area contributed by atoms with Crippen LogP contribution >= 0.6 is 0 Å². The summed E-state index contributed by atoms with van der Waals surface area (Å²) in [7, 11) is 0. The van der Waals surface area contributed by atoms with Gasteiger partial charge in [-0.2, -0.15) is 0 Å². The highest BCUT2D eigenvalue weighted by molar-refractivity contribution is 5.72. The van der Waals surface area contributed by atoms with Crippen LogP contribution in [0.1, 0.15) is 12.5 Å². The minimum Gasteiger partial charge on any atom is -0.508 e. The van der Waals surface area contributed by atoms with E-state index in [0.717, 1.165) is 12.0 Å². The molecule has 0 heterocycles. The van der Waals surface area contributed by atoms with Crippen molar-refractivity contribution < 1.29 is 9.90 Å². The molecule has 0 aliphatic heterocycles. The number of amides is 1. The van der Waals surface area contributed by atoms with E-state index in [4.69, 9.17) is 5.11 Å². The number of phenols is 1. The smallest absolute Gasteiger partial charge is 0.216 e. The zero-order valence-corrected chi connectivity index (χ0v) is 7.58. The van der Waals surface area contributed by atoms with Gasteiger partial charge in [-0.3, -0.25) is 4.79 Å². The molecule has 0 bridgehead atoms. The lowest BCUT2D eigenvalue weighted by molar-refractivity contribution is -0.118. The Hall–Kier alpha value is -1.51.